The molecule has 1 aromatic rings. The molecule has 2 unspecified atom stereocenters. The molecule has 6 nitrogen and oxygen atoms in total. The smallest absolute Gasteiger partial charge is 0.240 e. The molecule has 26 heavy (non-hydrogen) atoms. The molecule has 0 spiro atoms. The molecule has 1 aliphatic rings. The lowest BCUT2D eigenvalue weighted by Crippen LogP contribution is -2.43. The van der Waals surface area contributed by atoms with Gasteiger partial charge in [0, 0.05) is 29.4 Å². The molecule has 1 aliphatic carbocycles. The van der Waals surface area contributed by atoms with E-state index in [2.05, 4.69) is 26.6 Å². The number of benzene rings is 1. The second kappa shape index (κ2) is 10.4. The van der Waals surface area contributed by atoms with Crippen LogP contribution in [-0.4, -0.2) is 51.6 Å². The highest BCUT2D eigenvalue weighted by Gasteiger charge is 2.24. The topological polar surface area (TPSA) is 82.6 Å². The van der Waals surface area contributed by atoms with Crippen molar-refractivity contribution in [2.45, 2.75) is 42.4 Å². The first-order valence-corrected chi connectivity index (χ1v) is 11.9. The van der Waals surface area contributed by atoms with E-state index in [1.165, 1.54) is 18.6 Å². The molecule has 0 radical (unpaired) electrons. The van der Waals surface area contributed by atoms with Crippen LogP contribution in [-0.2, 0) is 10.0 Å². The van der Waals surface area contributed by atoms with Crippen molar-refractivity contribution in [3.8, 4) is 0 Å². The summed E-state index contributed by atoms with van der Waals surface area (Å²) in [6, 6.07) is 6.63. The van der Waals surface area contributed by atoms with E-state index in [9.17, 15) is 8.42 Å². The Morgan fingerprint density at radius 2 is 2.19 bits per heavy atom. The van der Waals surface area contributed by atoms with Crippen LogP contribution in [0.2, 0.25) is 5.02 Å². The summed E-state index contributed by atoms with van der Waals surface area (Å²) in [5.41, 5.74) is 0. The van der Waals surface area contributed by atoms with Crippen molar-refractivity contribution in [3.63, 3.8) is 0 Å². The Morgan fingerprint density at radius 1 is 1.38 bits per heavy atom. The van der Waals surface area contributed by atoms with E-state index in [0.29, 0.717) is 22.9 Å². The van der Waals surface area contributed by atoms with Crippen LogP contribution in [0.15, 0.2) is 34.2 Å². The van der Waals surface area contributed by atoms with Crippen molar-refractivity contribution in [1.82, 2.24) is 15.4 Å². The van der Waals surface area contributed by atoms with Gasteiger partial charge in [-0.1, -0.05) is 17.7 Å². The largest absolute Gasteiger partial charge is 0.357 e. The van der Waals surface area contributed by atoms with Crippen LogP contribution in [0.25, 0.3) is 0 Å². The summed E-state index contributed by atoms with van der Waals surface area (Å²) in [5.74, 6) is 0.737. The van der Waals surface area contributed by atoms with Crippen molar-refractivity contribution in [2.75, 3.05) is 25.9 Å². The molecule has 9 heteroatoms. The Bertz CT molecular complexity index is 712. The van der Waals surface area contributed by atoms with Gasteiger partial charge in [-0.2, -0.15) is 11.8 Å². The summed E-state index contributed by atoms with van der Waals surface area (Å²) >= 11 is 7.77. The van der Waals surface area contributed by atoms with Gasteiger partial charge in [-0.25, -0.2) is 13.1 Å². The van der Waals surface area contributed by atoms with Crippen molar-refractivity contribution >= 4 is 39.3 Å². The minimum absolute atomic E-state index is 0.160. The lowest BCUT2D eigenvalue weighted by atomic mass is 10.2. The van der Waals surface area contributed by atoms with Gasteiger partial charge in [0.05, 0.1) is 11.4 Å². The summed E-state index contributed by atoms with van der Waals surface area (Å²) in [4.78, 5) is 4.64. The van der Waals surface area contributed by atoms with Crippen molar-refractivity contribution in [1.29, 1.82) is 0 Å². The highest BCUT2D eigenvalue weighted by molar-refractivity contribution is 7.99. The lowest BCUT2D eigenvalue weighted by molar-refractivity contribution is 0.581. The summed E-state index contributed by atoms with van der Waals surface area (Å²) in [7, 11) is -3.57. The average molecular weight is 419 g/mol. The molecule has 1 fully saturated rings. The zero-order chi connectivity index (χ0) is 19.0. The van der Waals surface area contributed by atoms with E-state index < -0.39 is 10.0 Å². The molecule has 3 N–H and O–H groups in total. The van der Waals surface area contributed by atoms with E-state index >= 15 is 0 Å². The summed E-state index contributed by atoms with van der Waals surface area (Å²) in [6.45, 7) is 3.36. The van der Waals surface area contributed by atoms with E-state index in [-0.39, 0.29) is 11.4 Å². The second-order valence-electron chi connectivity index (χ2n) is 6.13. The molecule has 2 rings (SSSR count). The van der Waals surface area contributed by atoms with E-state index in [0.717, 1.165) is 25.3 Å². The van der Waals surface area contributed by atoms with Crippen LogP contribution in [0.5, 0.6) is 0 Å². The quantitative estimate of drug-likeness (QED) is 0.343. The first-order valence-electron chi connectivity index (χ1n) is 8.77. The molecule has 2 atom stereocenters. The summed E-state index contributed by atoms with van der Waals surface area (Å²) in [5, 5.41) is 7.77. The molecule has 0 amide bonds. The second-order valence-corrected chi connectivity index (χ2v) is 9.47. The Morgan fingerprint density at radius 3 is 2.85 bits per heavy atom. The summed E-state index contributed by atoms with van der Waals surface area (Å²) in [6.07, 6.45) is 5.64. The maximum Gasteiger partial charge on any atom is 0.240 e. The number of thioether (sulfide) groups is 1. The fourth-order valence-electron chi connectivity index (χ4n) is 2.86. The molecular weight excluding hydrogens is 392 g/mol. The average Bonchev–Trinajstić information content (AvgIpc) is 3.06. The van der Waals surface area contributed by atoms with Gasteiger partial charge < -0.3 is 10.6 Å². The normalized spacial score (nSPS) is 21.0. The molecule has 1 saturated carbocycles. The Hall–Kier alpha value is -0.960. The summed E-state index contributed by atoms with van der Waals surface area (Å²) < 4.78 is 27.1. The van der Waals surface area contributed by atoms with Crippen molar-refractivity contribution in [3.05, 3.63) is 29.3 Å². The standard InChI is InChI=1S/C17H27ClN4O2S2/c1-3-19-17(22-14-7-8-15(12-14)25-2)20-9-10-21-26(23,24)16-6-4-5-13(18)11-16/h4-6,11,14-15,21H,3,7-10,12H2,1-2H3,(H2,19,20,22). The molecular formula is C17H27ClN4O2S2. The highest BCUT2D eigenvalue weighted by Crippen LogP contribution is 2.28. The predicted molar refractivity (Wildman–Crippen MR) is 111 cm³/mol. The molecule has 1 aromatic carbocycles. The number of guanidine groups is 1. The number of rotatable bonds is 8. The van der Waals surface area contributed by atoms with Gasteiger partial charge in [0.25, 0.3) is 0 Å². The first-order chi connectivity index (χ1) is 12.4. The number of nitrogens with one attached hydrogen (secondary N) is 3. The Balaban J connectivity index is 1.85. The Labute approximate surface area is 165 Å². The minimum Gasteiger partial charge on any atom is -0.357 e. The van der Waals surface area contributed by atoms with Gasteiger partial charge in [-0.3, -0.25) is 4.99 Å². The zero-order valence-corrected chi connectivity index (χ0v) is 17.6. The van der Waals surface area contributed by atoms with Gasteiger partial charge in [0.1, 0.15) is 0 Å². The van der Waals surface area contributed by atoms with E-state index in [4.69, 9.17) is 11.6 Å². The number of aliphatic imine (C=N–C) groups is 1. The van der Waals surface area contributed by atoms with Crippen LogP contribution < -0.4 is 15.4 Å². The van der Waals surface area contributed by atoms with Crippen LogP contribution >= 0.6 is 23.4 Å². The maximum atomic E-state index is 12.3. The van der Waals surface area contributed by atoms with Gasteiger partial charge in [0.15, 0.2) is 5.96 Å². The van der Waals surface area contributed by atoms with Crippen molar-refractivity contribution in [2.24, 2.45) is 4.99 Å². The van der Waals surface area contributed by atoms with Crippen LogP contribution in [0.3, 0.4) is 0 Å². The minimum atomic E-state index is -3.57. The Kier molecular flexibility index (Phi) is 8.53. The third-order valence-corrected chi connectivity index (χ3v) is 6.97. The first kappa shape index (κ1) is 21.3. The predicted octanol–water partition coefficient (Wildman–Crippen LogP) is 2.46. The van der Waals surface area contributed by atoms with Gasteiger partial charge in [-0.15, -0.1) is 0 Å². The molecule has 0 aromatic heterocycles. The molecule has 0 heterocycles. The number of hydrogen-bond acceptors (Lipinski definition) is 4. The van der Waals surface area contributed by atoms with Crippen LogP contribution in [0, 0.1) is 0 Å². The molecule has 146 valence electrons. The highest BCUT2D eigenvalue weighted by atomic mass is 35.5. The fraction of sp³-hybridized carbons (Fsp3) is 0.588. The SMILES string of the molecule is CCNC(=NCCNS(=O)(=O)c1cccc(Cl)c1)NC1CCC(SC)C1. The van der Waals surface area contributed by atoms with Gasteiger partial charge >= 0.3 is 0 Å². The lowest BCUT2D eigenvalue weighted by Gasteiger charge is -2.17. The number of nitrogens with zero attached hydrogens (tertiary/aromatic N) is 1. The monoisotopic (exact) mass is 418 g/mol. The maximum absolute atomic E-state index is 12.3. The van der Waals surface area contributed by atoms with Gasteiger partial charge in [0.2, 0.25) is 10.0 Å². The fourth-order valence-corrected chi connectivity index (χ4v) is 4.98. The third kappa shape index (κ3) is 6.64. The van der Waals surface area contributed by atoms with Gasteiger partial charge in [-0.05, 0) is 50.6 Å². The van der Waals surface area contributed by atoms with E-state index in [1.54, 1.807) is 12.1 Å². The number of hydrogen-bond donors (Lipinski definition) is 3. The van der Waals surface area contributed by atoms with E-state index in [1.807, 2.05) is 18.7 Å². The third-order valence-electron chi connectivity index (χ3n) is 4.18. The number of sulfonamides is 1. The van der Waals surface area contributed by atoms with Crippen LogP contribution in [0.1, 0.15) is 26.2 Å². The number of halogens is 1. The zero-order valence-electron chi connectivity index (χ0n) is 15.2. The van der Waals surface area contributed by atoms with Crippen LogP contribution in [0.4, 0.5) is 0 Å². The molecule has 0 saturated heterocycles. The molecule has 0 aliphatic heterocycles. The molecule has 0 bridgehead atoms. The van der Waals surface area contributed by atoms with Crippen molar-refractivity contribution < 1.29 is 8.42 Å².